The van der Waals surface area contributed by atoms with Crippen LogP contribution in [-0.4, -0.2) is 5.97 Å². The molecule has 0 aliphatic heterocycles. The van der Waals surface area contributed by atoms with Gasteiger partial charge in [0.2, 0.25) is 0 Å². The Morgan fingerprint density at radius 3 is 1.81 bits per heavy atom. The van der Waals surface area contributed by atoms with Crippen molar-refractivity contribution in [2.45, 2.75) is 96.8 Å². The summed E-state index contributed by atoms with van der Waals surface area (Å²) in [7, 11) is 3.12. The van der Waals surface area contributed by atoms with Crippen LogP contribution in [0.15, 0.2) is 12.2 Å². The first-order valence-electron chi connectivity index (χ1n) is 8.91. The third-order valence-corrected chi connectivity index (χ3v) is 3.80. The van der Waals surface area contributed by atoms with E-state index in [9.17, 15) is 4.79 Å². The minimum Gasteiger partial charge on any atom is -0.462 e. The van der Waals surface area contributed by atoms with E-state index in [0.717, 1.165) is 12.8 Å². The van der Waals surface area contributed by atoms with Gasteiger partial charge in [-0.15, -0.1) is 0 Å². The second kappa shape index (κ2) is 17.3. The molecule has 0 aromatic rings. The summed E-state index contributed by atoms with van der Waals surface area (Å²) in [6.07, 6.45) is 21.8. The fourth-order valence-corrected chi connectivity index (χ4v) is 2.41. The Morgan fingerprint density at radius 2 is 1.29 bits per heavy atom. The lowest BCUT2D eigenvalue weighted by Gasteiger charge is -2.00. The van der Waals surface area contributed by atoms with E-state index in [1.165, 1.54) is 70.6 Å². The molecule has 21 heavy (non-hydrogen) atoms. The van der Waals surface area contributed by atoms with Crippen LogP contribution in [0, 0.1) is 7.11 Å². The normalized spacial score (nSPS) is 11.1. The number of hydrogen-bond donors (Lipinski definition) is 0. The molecule has 2 heteroatoms. The maximum Gasteiger partial charge on any atom is 0.305 e. The number of unbranched alkanes of at least 4 members (excludes halogenated alkanes) is 11. The molecule has 0 saturated heterocycles. The Kier molecular flexibility index (Phi) is 16.6. The van der Waals surface area contributed by atoms with Gasteiger partial charge in [0.15, 0.2) is 0 Å². The summed E-state index contributed by atoms with van der Waals surface area (Å²) in [6.45, 7) is 2.26. The summed E-state index contributed by atoms with van der Waals surface area (Å²) >= 11 is 0. The van der Waals surface area contributed by atoms with Crippen molar-refractivity contribution in [2.24, 2.45) is 0 Å². The maximum atomic E-state index is 10.9. The predicted molar refractivity (Wildman–Crippen MR) is 90.9 cm³/mol. The smallest absolute Gasteiger partial charge is 0.305 e. The molecule has 2 nitrogen and oxygen atoms in total. The summed E-state index contributed by atoms with van der Waals surface area (Å²) in [5.74, 6) is -0.187. The van der Waals surface area contributed by atoms with Crippen molar-refractivity contribution in [3.05, 3.63) is 19.3 Å². The number of esters is 1. The minimum absolute atomic E-state index is 0.187. The van der Waals surface area contributed by atoms with Crippen LogP contribution in [0.4, 0.5) is 0 Å². The molecule has 0 fully saturated rings. The SMILES string of the molecule is [CH2]OC(=O)CCCCCCC/C=C\CCCCCCCC. The number of hydrogen-bond acceptors (Lipinski definition) is 2. The largest absolute Gasteiger partial charge is 0.462 e. The van der Waals surface area contributed by atoms with Crippen LogP contribution in [0.3, 0.4) is 0 Å². The number of carbonyl (C=O) groups excluding carboxylic acids is 1. The van der Waals surface area contributed by atoms with Crippen molar-refractivity contribution >= 4 is 5.97 Å². The van der Waals surface area contributed by atoms with Gasteiger partial charge in [0.05, 0.1) is 0 Å². The first-order chi connectivity index (χ1) is 10.3. The van der Waals surface area contributed by atoms with Crippen molar-refractivity contribution in [3.63, 3.8) is 0 Å². The molecule has 0 spiro atoms. The molecule has 0 N–H and O–H groups in total. The molecule has 0 aromatic carbocycles. The fourth-order valence-electron chi connectivity index (χ4n) is 2.41. The van der Waals surface area contributed by atoms with E-state index < -0.39 is 0 Å². The van der Waals surface area contributed by atoms with Crippen LogP contribution in [0.25, 0.3) is 0 Å². The monoisotopic (exact) mass is 295 g/mol. The van der Waals surface area contributed by atoms with Crippen LogP contribution in [0.1, 0.15) is 96.8 Å². The molecule has 123 valence electrons. The van der Waals surface area contributed by atoms with Crippen LogP contribution in [0.5, 0.6) is 0 Å². The zero-order valence-electron chi connectivity index (χ0n) is 14.1. The van der Waals surface area contributed by atoms with Crippen molar-refractivity contribution in [1.82, 2.24) is 0 Å². The minimum atomic E-state index is -0.187. The number of allylic oxidation sites excluding steroid dienone is 2. The predicted octanol–water partition coefficient (Wildman–Crippen LogP) is 6.36. The second-order valence-electron chi connectivity index (χ2n) is 5.85. The van der Waals surface area contributed by atoms with Crippen molar-refractivity contribution < 1.29 is 9.53 Å². The molecule has 0 bridgehead atoms. The molecule has 1 radical (unpaired) electrons. The summed E-state index contributed by atoms with van der Waals surface area (Å²) in [6, 6.07) is 0. The van der Waals surface area contributed by atoms with E-state index in [2.05, 4.69) is 30.9 Å². The maximum absolute atomic E-state index is 10.9. The zero-order valence-corrected chi connectivity index (χ0v) is 14.1. The van der Waals surface area contributed by atoms with Gasteiger partial charge in [-0.2, -0.15) is 0 Å². The van der Waals surface area contributed by atoms with Gasteiger partial charge >= 0.3 is 5.97 Å². The Balaban J connectivity index is 3.10. The Bertz CT molecular complexity index is 246. The van der Waals surface area contributed by atoms with Crippen molar-refractivity contribution in [3.8, 4) is 0 Å². The standard InChI is InChI=1S/C19H35O2/c1-3-4-5-6-7-8-9-10-11-12-13-14-15-16-17-18-19(20)21-2/h10-11H,2-9,12-18H2,1H3/b11-10-. The molecule has 0 atom stereocenters. The highest BCUT2D eigenvalue weighted by Gasteiger charge is 1.98. The lowest BCUT2D eigenvalue weighted by molar-refractivity contribution is -0.138. The molecule has 0 saturated carbocycles. The van der Waals surface area contributed by atoms with Gasteiger partial charge in [-0.05, 0) is 32.1 Å². The molecule has 0 amide bonds. The zero-order chi connectivity index (χ0) is 15.6. The topological polar surface area (TPSA) is 26.3 Å². The van der Waals surface area contributed by atoms with Crippen LogP contribution in [0.2, 0.25) is 0 Å². The molecule has 0 heterocycles. The van der Waals surface area contributed by atoms with Crippen LogP contribution < -0.4 is 0 Å². The van der Waals surface area contributed by atoms with Crippen LogP contribution in [-0.2, 0) is 9.53 Å². The highest BCUT2D eigenvalue weighted by molar-refractivity contribution is 5.69. The van der Waals surface area contributed by atoms with Gasteiger partial charge in [-0.1, -0.05) is 70.4 Å². The Hall–Kier alpha value is -0.790. The number of rotatable bonds is 15. The number of carbonyl (C=O) groups is 1. The molecule has 0 rings (SSSR count). The van der Waals surface area contributed by atoms with E-state index in [0.29, 0.717) is 6.42 Å². The first-order valence-corrected chi connectivity index (χ1v) is 8.91. The average molecular weight is 295 g/mol. The van der Waals surface area contributed by atoms with E-state index in [-0.39, 0.29) is 5.97 Å². The summed E-state index contributed by atoms with van der Waals surface area (Å²) < 4.78 is 4.37. The van der Waals surface area contributed by atoms with Crippen molar-refractivity contribution in [2.75, 3.05) is 0 Å². The van der Waals surface area contributed by atoms with Gasteiger partial charge in [0.25, 0.3) is 0 Å². The van der Waals surface area contributed by atoms with E-state index in [1.807, 2.05) is 0 Å². The molecule has 0 aromatic heterocycles. The van der Waals surface area contributed by atoms with Gasteiger partial charge in [-0.25, -0.2) is 0 Å². The molecule has 0 unspecified atom stereocenters. The van der Waals surface area contributed by atoms with E-state index in [1.54, 1.807) is 0 Å². The van der Waals surface area contributed by atoms with Gasteiger partial charge < -0.3 is 4.74 Å². The lowest BCUT2D eigenvalue weighted by Crippen LogP contribution is -1.97. The first kappa shape index (κ1) is 20.2. The molecular formula is C19H35O2. The summed E-state index contributed by atoms with van der Waals surface area (Å²) in [5.41, 5.74) is 0. The summed E-state index contributed by atoms with van der Waals surface area (Å²) in [5, 5.41) is 0. The van der Waals surface area contributed by atoms with Crippen molar-refractivity contribution in [1.29, 1.82) is 0 Å². The fraction of sp³-hybridized carbons (Fsp3) is 0.789. The van der Waals surface area contributed by atoms with Gasteiger partial charge in [0, 0.05) is 6.42 Å². The van der Waals surface area contributed by atoms with Gasteiger partial charge in [-0.3, -0.25) is 4.79 Å². The van der Waals surface area contributed by atoms with Crippen LogP contribution >= 0.6 is 0 Å². The average Bonchev–Trinajstić information content (AvgIpc) is 2.50. The molecule has 0 aliphatic carbocycles. The van der Waals surface area contributed by atoms with E-state index >= 15 is 0 Å². The second-order valence-corrected chi connectivity index (χ2v) is 5.85. The van der Waals surface area contributed by atoms with Gasteiger partial charge in [0.1, 0.15) is 7.11 Å². The highest BCUT2D eigenvalue weighted by atomic mass is 16.5. The number of ether oxygens (including phenoxy) is 1. The molecule has 0 aliphatic rings. The molecular weight excluding hydrogens is 260 g/mol. The Labute approximate surface area is 132 Å². The third kappa shape index (κ3) is 17.2. The third-order valence-electron chi connectivity index (χ3n) is 3.80. The van der Waals surface area contributed by atoms with E-state index in [4.69, 9.17) is 0 Å². The quantitative estimate of drug-likeness (QED) is 0.200. The lowest BCUT2D eigenvalue weighted by atomic mass is 10.1. The Morgan fingerprint density at radius 1 is 0.810 bits per heavy atom. The summed E-state index contributed by atoms with van der Waals surface area (Å²) in [4.78, 5) is 10.9. The highest BCUT2D eigenvalue weighted by Crippen LogP contribution is 2.10.